The lowest BCUT2D eigenvalue weighted by Crippen LogP contribution is -2.45. The minimum Gasteiger partial charge on any atom is -0.466 e. The number of aliphatic hydroxyl groups is 2. The van der Waals surface area contributed by atoms with Crippen molar-refractivity contribution in [2.45, 2.75) is 398 Å². The Morgan fingerprint density at radius 1 is 0.365 bits per heavy atom. The van der Waals surface area contributed by atoms with Gasteiger partial charge in [0, 0.05) is 12.8 Å². The number of rotatable bonds is 64. The van der Waals surface area contributed by atoms with Crippen molar-refractivity contribution >= 4 is 11.9 Å². The second-order valence-electron chi connectivity index (χ2n) is 23.5. The van der Waals surface area contributed by atoms with E-state index >= 15 is 0 Å². The number of nitrogens with one attached hydrogen (secondary N) is 1. The molecule has 0 aliphatic heterocycles. The van der Waals surface area contributed by atoms with Gasteiger partial charge in [-0.05, 0) is 51.4 Å². The molecule has 6 heteroatoms. The number of hydrogen-bond donors (Lipinski definition) is 3. The summed E-state index contributed by atoms with van der Waals surface area (Å²) in [7, 11) is 0. The SMILES string of the molecule is CCCCC/C=C\CCCCCCCC(=O)OCCCCCCCCCCCCCCCCCCCCCCCC(=O)NC(CO)C(O)CCCCCCCCCCCCCCCCCCCCCCCCCC. The lowest BCUT2D eigenvalue weighted by atomic mass is 10.0. The molecule has 0 rings (SSSR count). The first-order valence-corrected chi connectivity index (χ1v) is 33.9. The number of carbonyl (C=O) groups excluding carboxylic acids is 2. The van der Waals surface area contributed by atoms with Gasteiger partial charge in [-0.3, -0.25) is 9.59 Å². The second-order valence-corrected chi connectivity index (χ2v) is 23.5. The molecular weight excluding hydrogens is 911 g/mol. The van der Waals surface area contributed by atoms with E-state index in [0.29, 0.717) is 25.9 Å². The molecule has 0 saturated carbocycles. The maximum Gasteiger partial charge on any atom is 0.305 e. The summed E-state index contributed by atoms with van der Waals surface area (Å²) in [4.78, 5) is 24.6. The molecule has 2 atom stereocenters. The van der Waals surface area contributed by atoms with E-state index in [1.54, 1.807) is 0 Å². The van der Waals surface area contributed by atoms with Crippen molar-refractivity contribution in [1.29, 1.82) is 0 Å². The largest absolute Gasteiger partial charge is 0.466 e. The van der Waals surface area contributed by atoms with Crippen LogP contribution >= 0.6 is 0 Å². The zero-order valence-corrected chi connectivity index (χ0v) is 50.4. The Morgan fingerprint density at radius 2 is 0.635 bits per heavy atom. The van der Waals surface area contributed by atoms with Crippen molar-refractivity contribution < 1.29 is 24.5 Å². The summed E-state index contributed by atoms with van der Waals surface area (Å²) in [6, 6.07) is -0.543. The molecule has 0 aliphatic carbocycles. The molecule has 74 heavy (non-hydrogen) atoms. The molecule has 0 aromatic rings. The first-order valence-electron chi connectivity index (χ1n) is 33.9. The van der Waals surface area contributed by atoms with E-state index in [0.717, 1.165) is 44.9 Å². The van der Waals surface area contributed by atoms with E-state index in [1.807, 2.05) is 0 Å². The lowest BCUT2D eigenvalue weighted by molar-refractivity contribution is -0.143. The van der Waals surface area contributed by atoms with Crippen LogP contribution in [0.2, 0.25) is 0 Å². The molecule has 3 N–H and O–H groups in total. The van der Waals surface area contributed by atoms with Gasteiger partial charge in [0.15, 0.2) is 0 Å². The van der Waals surface area contributed by atoms with Gasteiger partial charge in [-0.25, -0.2) is 0 Å². The van der Waals surface area contributed by atoms with Crippen molar-refractivity contribution in [3.63, 3.8) is 0 Å². The fourth-order valence-electron chi connectivity index (χ4n) is 10.9. The van der Waals surface area contributed by atoms with E-state index in [1.165, 1.54) is 308 Å². The van der Waals surface area contributed by atoms with Crippen molar-refractivity contribution in [3.8, 4) is 0 Å². The molecule has 2 unspecified atom stereocenters. The van der Waals surface area contributed by atoms with E-state index in [2.05, 4.69) is 31.3 Å². The zero-order valence-electron chi connectivity index (χ0n) is 50.4. The number of allylic oxidation sites excluding steroid dienone is 2. The van der Waals surface area contributed by atoms with Crippen LogP contribution in [0.15, 0.2) is 12.2 Å². The Kier molecular flexibility index (Phi) is 62.9. The van der Waals surface area contributed by atoms with E-state index in [4.69, 9.17) is 4.74 Å². The smallest absolute Gasteiger partial charge is 0.305 e. The number of ether oxygens (including phenoxy) is 1. The monoisotopic (exact) mass is 1040 g/mol. The topological polar surface area (TPSA) is 95.9 Å². The fraction of sp³-hybridized carbons (Fsp3) is 0.941. The maximum absolute atomic E-state index is 12.5. The highest BCUT2D eigenvalue weighted by Crippen LogP contribution is 2.19. The molecule has 0 radical (unpaired) electrons. The molecule has 0 saturated heterocycles. The van der Waals surface area contributed by atoms with Crippen LogP contribution in [0.25, 0.3) is 0 Å². The van der Waals surface area contributed by atoms with Crippen LogP contribution in [0.3, 0.4) is 0 Å². The zero-order chi connectivity index (χ0) is 53.6. The van der Waals surface area contributed by atoms with Crippen LogP contribution in [0, 0.1) is 0 Å². The van der Waals surface area contributed by atoms with Crippen LogP contribution in [0.5, 0.6) is 0 Å². The third kappa shape index (κ3) is 59.8. The first-order chi connectivity index (χ1) is 36.5. The van der Waals surface area contributed by atoms with Gasteiger partial charge < -0.3 is 20.3 Å². The molecule has 0 aliphatic rings. The van der Waals surface area contributed by atoms with Gasteiger partial charge in [0.05, 0.1) is 25.4 Å². The Hall–Kier alpha value is -1.40. The van der Waals surface area contributed by atoms with Gasteiger partial charge in [0.25, 0.3) is 0 Å². The highest BCUT2D eigenvalue weighted by molar-refractivity contribution is 5.76. The third-order valence-corrected chi connectivity index (χ3v) is 16.1. The van der Waals surface area contributed by atoms with E-state index in [9.17, 15) is 19.8 Å². The molecular formula is C68H133NO5. The summed E-state index contributed by atoms with van der Waals surface area (Å²) < 4.78 is 5.47. The maximum atomic E-state index is 12.5. The lowest BCUT2D eigenvalue weighted by Gasteiger charge is -2.22. The molecule has 0 bridgehead atoms. The Balaban J connectivity index is 3.39. The average molecular weight is 1040 g/mol. The standard InChI is InChI=1S/C68H133NO5/c1-3-5-7-9-11-13-15-17-18-19-20-21-22-23-25-28-31-34-37-40-44-48-52-56-60-66(71)65(64-70)69-67(72)61-57-53-49-45-41-38-35-32-29-26-24-27-30-33-36-39-43-47-51-55-59-63-74-68(73)62-58-54-50-46-42-16-14-12-10-8-6-4-2/h12,14,65-66,70-71H,3-11,13,15-64H2,1-2H3,(H,69,72)/b14-12-. The third-order valence-electron chi connectivity index (χ3n) is 16.1. The number of esters is 1. The summed E-state index contributed by atoms with van der Waals surface area (Å²) in [6.45, 7) is 4.96. The number of carbonyl (C=O) groups is 2. The predicted molar refractivity (Wildman–Crippen MR) is 324 cm³/mol. The van der Waals surface area contributed by atoms with Crippen LogP contribution in [-0.4, -0.2) is 47.4 Å². The van der Waals surface area contributed by atoms with Crippen LogP contribution in [0.4, 0.5) is 0 Å². The average Bonchev–Trinajstić information content (AvgIpc) is 3.40. The van der Waals surface area contributed by atoms with Crippen molar-refractivity contribution in [1.82, 2.24) is 5.32 Å². The Morgan fingerprint density at radius 3 is 0.986 bits per heavy atom. The van der Waals surface area contributed by atoms with Crippen LogP contribution < -0.4 is 5.32 Å². The van der Waals surface area contributed by atoms with Crippen LogP contribution in [0.1, 0.15) is 386 Å². The summed E-state index contributed by atoms with van der Waals surface area (Å²) in [5.74, 6) is -0.0280. The van der Waals surface area contributed by atoms with Crippen molar-refractivity contribution in [2.75, 3.05) is 13.2 Å². The molecule has 0 aromatic heterocycles. The number of aliphatic hydroxyl groups excluding tert-OH is 2. The van der Waals surface area contributed by atoms with Gasteiger partial charge in [0.2, 0.25) is 5.91 Å². The van der Waals surface area contributed by atoms with Gasteiger partial charge in [-0.1, -0.05) is 334 Å². The highest BCUT2D eigenvalue weighted by Gasteiger charge is 2.20. The van der Waals surface area contributed by atoms with Gasteiger partial charge in [-0.15, -0.1) is 0 Å². The molecule has 0 heterocycles. The van der Waals surface area contributed by atoms with Crippen LogP contribution in [-0.2, 0) is 14.3 Å². The number of amides is 1. The molecule has 0 spiro atoms. The van der Waals surface area contributed by atoms with E-state index in [-0.39, 0.29) is 18.5 Å². The molecule has 0 fully saturated rings. The van der Waals surface area contributed by atoms with Gasteiger partial charge >= 0.3 is 5.97 Å². The van der Waals surface area contributed by atoms with Crippen molar-refractivity contribution in [2.24, 2.45) is 0 Å². The summed E-state index contributed by atoms with van der Waals surface area (Å²) in [5, 5.41) is 23.4. The number of hydrogen-bond acceptors (Lipinski definition) is 5. The Bertz CT molecular complexity index is 1110. The van der Waals surface area contributed by atoms with Gasteiger partial charge in [-0.2, -0.15) is 0 Å². The quantitative estimate of drug-likeness (QED) is 0.0320. The predicted octanol–water partition coefficient (Wildman–Crippen LogP) is 21.6. The van der Waals surface area contributed by atoms with Crippen molar-refractivity contribution in [3.05, 3.63) is 12.2 Å². The minimum absolute atomic E-state index is 0.00304. The molecule has 1 amide bonds. The minimum atomic E-state index is -0.666. The summed E-state index contributed by atoms with van der Waals surface area (Å²) >= 11 is 0. The summed E-state index contributed by atoms with van der Waals surface area (Å²) in [5.41, 5.74) is 0. The highest BCUT2D eigenvalue weighted by atomic mass is 16.5. The first kappa shape index (κ1) is 72.6. The molecule has 0 aromatic carbocycles. The molecule has 6 nitrogen and oxygen atoms in total. The van der Waals surface area contributed by atoms with E-state index < -0.39 is 12.1 Å². The summed E-state index contributed by atoms with van der Waals surface area (Å²) in [6.07, 6.45) is 78.1. The fourth-order valence-corrected chi connectivity index (χ4v) is 10.9. The Labute approximate surface area is 463 Å². The van der Waals surface area contributed by atoms with Gasteiger partial charge in [0.1, 0.15) is 0 Å². The second kappa shape index (κ2) is 64.1. The number of unbranched alkanes of at least 4 members (excludes halogenated alkanes) is 51. The molecule has 440 valence electrons. The normalized spacial score (nSPS) is 12.5.